The summed E-state index contributed by atoms with van der Waals surface area (Å²) in [6.45, 7) is 7.62. The van der Waals surface area contributed by atoms with E-state index in [9.17, 15) is 0 Å². The summed E-state index contributed by atoms with van der Waals surface area (Å²) in [5.74, 6) is 1.94. The van der Waals surface area contributed by atoms with Gasteiger partial charge >= 0.3 is 0 Å². The minimum atomic E-state index is 0.428. The highest BCUT2D eigenvalue weighted by molar-refractivity contribution is 5.80. The number of rotatable bonds is 5. The van der Waals surface area contributed by atoms with Crippen molar-refractivity contribution in [2.24, 2.45) is 4.99 Å². The number of hydrogen-bond donors (Lipinski definition) is 2. The minimum Gasteiger partial charge on any atom is -0.357 e. The van der Waals surface area contributed by atoms with E-state index in [2.05, 4.69) is 51.5 Å². The molecule has 0 unspecified atom stereocenters. The van der Waals surface area contributed by atoms with E-state index in [-0.39, 0.29) is 0 Å². The Hall–Kier alpha value is -2.63. The lowest BCUT2D eigenvalue weighted by molar-refractivity contribution is 0.459. The van der Waals surface area contributed by atoms with Crippen LogP contribution in [0.3, 0.4) is 0 Å². The van der Waals surface area contributed by atoms with Crippen LogP contribution in [0, 0.1) is 6.92 Å². The molecule has 0 atom stereocenters. The van der Waals surface area contributed by atoms with Gasteiger partial charge in [0.05, 0.1) is 12.2 Å². The van der Waals surface area contributed by atoms with E-state index in [1.807, 2.05) is 30.6 Å². The van der Waals surface area contributed by atoms with Crippen molar-refractivity contribution in [3.05, 3.63) is 54.0 Å². The molecule has 0 bridgehead atoms. The van der Waals surface area contributed by atoms with Crippen LogP contribution >= 0.6 is 0 Å². The number of aliphatic imine (C=N–C) groups is 1. The van der Waals surface area contributed by atoms with Crippen molar-refractivity contribution in [3.8, 4) is 0 Å². The molecule has 0 aromatic carbocycles. The Bertz CT molecular complexity index is 707. The Kier molecular flexibility index (Phi) is 6.41. The summed E-state index contributed by atoms with van der Waals surface area (Å²) < 4.78 is 0. The second kappa shape index (κ2) is 9.17. The second-order valence-corrected chi connectivity index (χ2v) is 6.56. The van der Waals surface area contributed by atoms with Crippen molar-refractivity contribution in [3.63, 3.8) is 0 Å². The fraction of sp³-hybridized carbons (Fsp3) is 0.450. The summed E-state index contributed by atoms with van der Waals surface area (Å²) >= 11 is 0. The van der Waals surface area contributed by atoms with Crippen LogP contribution < -0.4 is 15.5 Å². The van der Waals surface area contributed by atoms with Gasteiger partial charge in [0.15, 0.2) is 5.96 Å². The quantitative estimate of drug-likeness (QED) is 0.639. The summed E-state index contributed by atoms with van der Waals surface area (Å²) in [4.78, 5) is 15.9. The van der Waals surface area contributed by atoms with E-state index in [0.29, 0.717) is 12.6 Å². The molecule has 1 aliphatic rings. The number of pyridine rings is 2. The Morgan fingerprint density at radius 2 is 1.96 bits per heavy atom. The average Bonchev–Trinajstić information content (AvgIpc) is 2.69. The van der Waals surface area contributed by atoms with Crippen LogP contribution in [-0.4, -0.2) is 41.6 Å². The molecule has 0 radical (unpaired) electrons. The van der Waals surface area contributed by atoms with Crippen LogP contribution in [0.15, 0.2) is 47.7 Å². The van der Waals surface area contributed by atoms with E-state index in [4.69, 9.17) is 4.99 Å². The molecule has 0 aliphatic carbocycles. The summed E-state index contributed by atoms with van der Waals surface area (Å²) in [6.07, 6.45) is 5.83. The number of aromatic nitrogens is 2. The van der Waals surface area contributed by atoms with Gasteiger partial charge in [0.25, 0.3) is 0 Å². The SMILES string of the molecule is CCNC(=NCc1ncccc1C)NC1CCN(c2ccccn2)CC1. The standard InChI is InChI=1S/C20H28N6/c1-3-21-20(24-15-18-16(2)7-6-12-22-18)25-17-9-13-26(14-10-17)19-8-4-5-11-23-19/h4-8,11-12,17H,3,9-10,13-15H2,1-2H3,(H2,21,24,25). The third-order valence-corrected chi connectivity index (χ3v) is 4.66. The van der Waals surface area contributed by atoms with Gasteiger partial charge in [0, 0.05) is 38.1 Å². The molecule has 1 fully saturated rings. The van der Waals surface area contributed by atoms with Gasteiger partial charge in [0.2, 0.25) is 0 Å². The molecule has 1 saturated heterocycles. The van der Waals surface area contributed by atoms with E-state index in [0.717, 1.165) is 49.9 Å². The highest BCUT2D eigenvalue weighted by atomic mass is 15.2. The highest BCUT2D eigenvalue weighted by Crippen LogP contribution is 2.17. The number of nitrogens with zero attached hydrogens (tertiary/aromatic N) is 4. The summed E-state index contributed by atoms with van der Waals surface area (Å²) in [5.41, 5.74) is 2.20. The summed E-state index contributed by atoms with van der Waals surface area (Å²) in [7, 11) is 0. The Morgan fingerprint density at radius 1 is 1.15 bits per heavy atom. The van der Waals surface area contributed by atoms with Gasteiger partial charge in [0.1, 0.15) is 5.82 Å². The first-order valence-corrected chi connectivity index (χ1v) is 9.37. The molecule has 6 heteroatoms. The lowest BCUT2D eigenvalue weighted by Gasteiger charge is -2.33. The number of anilines is 1. The topological polar surface area (TPSA) is 65.4 Å². The van der Waals surface area contributed by atoms with Crippen LogP contribution in [0.2, 0.25) is 0 Å². The lowest BCUT2D eigenvalue weighted by atomic mass is 10.1. The van der Waals surface area contributed by atoms with Gasteiger partial charge in [-0.15, -0.1) is 0 Å². The van der Waals surface area contributed by atoms with E-state index >= 15 is 0 Å². The van der Waals surface area contributed by atoms with E-state index in [1.165, 1.54) is 5.56 Å². The molecule has 0 amide bonds. The largest absolute Gasteiger partial charge is 0.357 e. The first-order valence-electron chi connectivity index (χ1n) is 9.37. The number of guanidine groups is 1. The van der Waals surface area contributed by atoms with Crippen LogP contribution in [0.5, 0.6) is 0 Å². The van der Waals surface area contributed by atoms with Gasteiger partial charge in [-0.05, 0) is 50.5 Å². The van der Waals surface area contributed by atoms with Gasteiger partial charge < -0.3 is 15.5 Å². The zero-order valence-electron chi connectivity index (χ0n) is 15.7. The molecule has 6 nitrogen and oxygen atoms in total. The lowest BCUT2D eigenvalue weighted by Crippen LogP contribution is -2.48. The Balaban J connectivity index is 1.55. The van der Waals surface area contributed by atoms with Crippen LogP contribution in [0.1, 0.15) is 31.0 Å². The number of aryl methyl sites for hydroxylation is 1. The molecule has 138 valence electrons. The predicted octanol–water partition coefficient (Wildman–Crippen LogP) is 2.51. The van der Waals surface area contributed by atoms with Gasteiger partial charge in [-0.3, -0.25) is 4.98 Å². The first kappa shape index (κ1) is 18.2. The summed E-state index contributed by atoms with van der Waals surface area (Å²) in [5, 5.41) is 6.93. The second-order valence-electron chi connectivity index (χ2n) is 6.56. The van der Waals surface area contributed by atoms with Crippen molar-refractivity contribution < 1.29 is 0 Å². The molecule has 3 rings (SSSR count). The maximum absolute atomic E-state index is 4.72. The van der Waals surface area contributed by atoms with Crippen molar-refractivity contribution in [1.29, 1.82) is 0 Å². The van der Waals surface area contributed by atoms with Gasteiger partial charge in [-0.2, -0.15) is 0 Å². The van der Waals surface area contributed by atoms with Crippen molar-refractivity contribution >= 4 is 11.8 Å². The zero-order chi connectivity index (χ0) is 18.2. The molecule has 3 heterocycles. The fourth-order valence-corrected chi connectivity index (χ4v) is 3.14. The van der Waals surface area contributed by atoms with Gasteiger partial charge in [-0.1, -0.05) is 12.1 Å². The maximum atomic E-state index is 4.72. The first-order chi connectivity index (χ1) is 12.8. The van der Waals surface area contributed by atoms with Crippen molar-refractivity contribution in [1.82, 2.24) is 20.6 Å². The molecule has 2 N–H and O–H groups in total. The van der Waals surface area contributed by atoms with Crippen LogP contribution in [0.25, 0.3) is 0 Å². The molecule has 26 heavy (non-hydrogen) atoms. The van der Waals surface area contributed by atoms with Crippen molar-refractivity contribution in [2.75, 3.05) is 24.5 Å². The number of hydrogen-bond acceptors (Lipinski definition) is 4. The third-order valence-electron chi connectivity index (χ3n) is 4.66. The monoisotopic (exact) mass is 352 g/mol. The minimum absolute atomic E-state index is 0.428. The number of piperidine rings is 1. The average molecular weight is 352 g/mol. The van der Waals surface area contributed by atoms with Crippen LogP contribution in [-0.2, 0) is 6.54 Å². The van der Waals surface area contributed by atoms with Gasteiger partial charge in [-0.25, -0.2) is 9.98 Å². The van der Waals surface area contributed by atoms with Crippen molar-refractivity contribution in [2.45, 2.75) is 39.3 Å². The molecule has 1 aliphatic heterocycles. The predicted molar refractivity (Wildman–Crippen MR) is 106 cm³/mol. The number of nitrogens with one attached hydrogen (secondary N) is 2. The Labute approximate surface area is 155 Å². The third kappa shape index (κ3) is 4.94. The molecular formula is C20H28N6. The highest BCUT2D eigenvalue weighted by Gasteiger charge is 2.20. The molecule has 0 saturated carbocycles. The normalized spacial score (nSPS) is 15.8. The smallest absolute Gasteiger partial charge is 0.191 e. The van der Waals surface area contributed by atoms with Crippen LogP contribution in [0.4, 0.5) is 5.82 Å². The maximum Gasteiger partial charge on any atom is 0.191 e. The fourth-order valence-electron chi connectivity index (χ4n) is 3.14. The van der Waals surface area contributed by atoms with E-state index < -0.39 is 0 Å². The molecule has 2 aromatic heterocycles. The molecular weight excluding hydrogens is 324 g/mol. The zero-order valence-corrected chi connectivity index (χ0v) is 15.7. The van der Waals surface area contributed by atoms with E-state index in [1.54, 1.807) is 0 Å². The summed E-state index contributed by atoms with van der Waals surface area (Å²) in [6, 6.07) is 10.5. The molecule has 2 aromatic rings. The molecule has 0 spiro atoms. The Morgan fingerprint density at radius 3 is 2.65 bits per heavy atom.